The topological polar surface area (TPSA) is 121 Å². The molecular formula is C25H12F6N2O7. The summed E-state index contributed by atoms with van der Waals surface area (Å²) in [5, 5.41) is 20.2. The maximum Gasteiger partial charge on any atom is 0.352 e. The van der Waals surface area contributed by atoms with E-state index in [2.05, 4.69) is 9.72 Å². The highest BCUT2D eigenvalue weighted by Gasteiger charge is 2.35. The number of nitro benzene ring substituents is 1. The molecule has 0 aliphatic rings. The second kappa shape index (κ2) is 11.2. The van der Waals surface area contributed by atoms with Crippen LogP contribution in [0.1, 0.15) is 15.9 Å². The number of aromatic nitrogens is 1. The van der Waals surface area contributed by atoms with Gasteiger partial charge in [-0.3, -0.25) is 10.1 Å². The second-order valence-corrected chi connectivity index (χ2v) is 7.68. The van der Waals surface area contributed by atoms with Gasteiger partial charge in [0.1, 0.15) is 12.4 Å². The smallest absolute Gasteiger partial charge is 0.352 e. The predicted octanol–water partition coefficient (Wildman–Crippen LogP) is 6.47. The van der Waals surface area contributed by atoms with Crippen LogP contribution in [0.4, 0.5) is 32.0 Å². The zero-order chi connectivity index (χ0) is 29.1. The third kappa shape index (κ3) is 5.43. The summed E-state index contributed by atoms with van der Waals surface area (Å²) in [6.45, 7) is -0.0255. The largest absolute Gasteiger partial charge is 0.500 e. The van der Waals surface area contributed by atoms with Crippen molar-refractivity contribution >= 4 is 11.7 Å². The number of nitro groups is 1. The highest BCUT2D eigenvalue weighted by molar-refractivity contribution is 5.89. The van der Waals surface area contributed by atoms with Crippen molar-refractivity contribution < 1.29 is 55.4 Å². The van der Waals surface area contributed by atoms with Crippen LogP contribution in [0.3, 0.4) is 0 Å². The summed E-state index contributed by atoms with van der Waals surface area (Å²) in [6, 6.07) is 13.3. The number of nitrogens with zero attached hydrogens (tertiary/aromatic N) is 2. The van der Waals surface area contributed by atoms with Crippen molar-refractivity contribution in [3.05, 3.63) is 111 Å². The summed E-state index contributed by atoms with van der Waals surface area (Å²) in [7, 11) is 0. The molecule has 1 N–H and O–H groups in total. The second-order valence-electron chi connectivity index (χ2n) is 7.68. The Morgan fingerprint density at radius 1 is 0.825 bits per heavy atom. The van der Waals surface area contributed by atoms with E-state index in [1.54, 1.807) is 30.3 Å². The van der Waals surface area contributed by atoms with E-state index in [9.17, 15) is 46.4 Å². The zero-order valence-electron chi connectivity index (χ0n) is 19.5. The lowest BCUT2D eigenvalue weighted by molar-refractivity contribution is -0.389. The van der Waals surface area contributed by atoms with Gasteiger partial charge in [0, 0.05) is 0 Å². The van der Waals surface area contributed by atoms with E-state index < -0.39 is 74.7 Å². The van der Waals surface area contributed by atoms with Crippen molar-refractivity contribution in [3.63, 3.8) is 0 Å². The molecule has 0 aliphatic carbocycles. The third-order valence-corrected chi connectivity index (χ3v) is 5.10. The Morgan fingerprint density at radius 2 is 1.45 bits per heavy atom. The number of hydrogen-bond donors (Lipinski definition) is 1. The number of rotatable bonds is 8. The van der Waals surface area contributed by atoms with Gasteiger partial charge in [-0.05, 0) is 29.8 Å². The normalized spacial score (nSPS) is 10.8. The van der Waals surface area contributed by atoms with Gasteiger partial charge in [0.15, 0.2) is 0 Å². The number of phenolic OH excluding ortho intramolecular Hbond substituents is 1. The molecule has 15 heteroatoms. The summed E-state index contributed by atoms with van der Waals surface area (Å²) in [5.41, 5.74) is -1.25. The van der Waals surface area contributed by atoms with Crippen molar-refractivity contribution in [2.75, 3.05) is 0 Å². The SMILES string of the molecule is O=C(OCc1ccccc1)c1ccc(Oc2nc(F)c(F)c(Oc3c(F)c(O)c([N+](=O)[O-])c(F)c3F)c2F)cc1. The number of esters is 1. The molecule has 1 aromatic heterocycles. The number of hydrogen-bond acceptors (Lipinski definition) is 8. The molecule has 4 rings (SSSR count). The van der Waals surface area contributed by atoms with Crippen molar-refractivity contribution in [2.45, 2.75) is 6.61 Å². The number of benzene rings is 3. The van der Waals surface area contributed by atoms with Crippen LogP contribution in [0.2, 0.25) is 0 Å². The molecule has 0 amide bonds. The maximum absolute atomic E-state index is 14.9. The molecule has 4 aromatic rings. The highest BCUT2D eigenvalue weighted by atomic mass is 19.2. The van der Waals surface area contributed by atoms with Gasteiger partial charge in [0.05, 0.1) is 10.5 Å². The van der Waals surface area contributed by atoms with E-state index in [1.165, 1.54) is 12.1 Å². The van der Waals surface area contributed by atoms with Crippen LogP contribution in [0.5, 0.6) is 28.9 Å². The third-order valence-electron chi connectivity index (χ3n) is 5.10. The molecule has 0 atom stereocenters. The molecule has 0 spiro atoms. The van der Waals surface area contributed by atoms with Crippen molar-refractivity contribution in [2.24, 2.45) is 0 Å². The fourth-order valence-electron chi connectivity index (χ4n) is 3.18. The molecule has 40 heavy (non-hydrogen) atoms. The molecule has 3 aromatic carbocycles. The first-order chi connectivity index (χ1) is 19.0. The molecule has 0 aliphatic heterocycles. The van der Waals surface area contributed by atoms with Gasteiger partial charge in [0.25, 0.3) is 11.8 Å². The van der Waals surface area contributed by atoms with Gasteiger partial charge in [0.2, 0.25) is 46.3 Å². The Bertz CT molecular complexity index is 1590. The molecule has 0 bridgehead atoms. The summed E-state index contributed by atoms with van der Waals surface area (Å²) in [5.74, 6) is -21.7. The maximum atomic E-state index is 14.9. The molecular weight excluding hydrogens is 554 g/mol. The van der Waals surface area contributed by atoms with Crippen LogP contribution in [-0.4, -0.2) is 21.0 Å². The molecule has 0 radical (unpaired) electrons. The van der Waals surface area contributed by atoms with E-state index in [4.69, 9.17) is 9.47 Å². The van der Waals surface area contributed by atoms with E-state index in [-0.39, 0.29) is 17.9 Å². The van der Waals surface area contributed by atoms with Crippen LogP contribution in [0.25, 0.3) is 0 Å². The number of phenols is 1. The first-order valence-electron chi connectivity index (χ1n) is 10.7. The number of aromatic hydroxyl groups is 1. The molecule has 206 valence electrons. The molecule has 0 saturated heterocycles. The van der Waals surface area contributed by atoms with Crippen LogP contribution < -0.4 is 9.47 Å². The monoisotopic (exact) mass is 566 g/mol. The number of carbonyl (C=O) groups excluding carboxylic acids is 1. The molecule has 0 fully saturated rings. The number of ether oxygens (including phenoxy) is 3. The predicted molar refractivity (Wildman–Crippen MR) is 121 cm³/mol. The van der Waals surface area contributed by atoms with Crippen molar-refractivity contribution in [1.29, 1.82) is 0 Å². The Hall–Kier alpha value is -5.34. The van der Waals surface area contributed by atoms with Gasteiger partial charge in [-0.2, -0.15) is 31.3 Å². The summed E-state index contributed by atoms with van der Waals surface area (Å²) in [6.07, 6.45) is 0. The minimum absolute atomic E-state index is 0.0255. The number of pyridine rings is 1. The minimum Gasteiger partial charge on any atom is -0.500 e. The van der Waals surface area contributed by atoms with Gasteiger partial charge in [-0.1, -0.05) is 30.3 Å². The molecule has 1 heterocycles. The molecule has 0 saturated carbocycles. The lowest BCUT2D eigenvalue weighted by Gasteiger charge is -2.13. The van der Waals surface area contributed by atoms with Crippen molar-refractivity contribution in [3.8, 4) is 28.9 Å². The lowest BCUT2D eigenvalue weighted by atomic mass is 10.2. The average Bonchev–Trinajstić information content (AvgIpc) is 2.94. The lowest BCUT2D eigenvalue weighted by Crippen LogP contribution is -2.07. The summed E-state index contributed by atoms with van der Waals surface area (Å²) in [4.78, 5) is 24.2. The van der Waals surface area contributed by atoms with Gasteiger partial charge in [-0.25, -0.2) is 4.79 Å². The Morgan fingerprint density at radius 3 is 2.08 bits per heavy atom. The van der Waals surface area contributed by atoms with Crippen LogP contribution in [-0.2, 0) is 11.3 Å². The van der Waals surface area contributed by atoms with Gasteiger partial charge >= 0.3 is 11.7 Å². The zero-order valence-corrected chi connectivity index (χ0v) is 19.5. The Balaban J connectivity index is 1.58. The average molecular weight is 566 g/mol. The van der Waals surface area contributed by atoms with E-state index >= 15 is 0 Å². The Kier molecular flexibility index (Phi) is 7.74. The highest BCUT2D eigenvalue weighted by Crippen LogP contribution is 2.43. The quantitative estimate of drug-likeness (QED) is 0.0643. The minimum atomic E-state index is -2.45. The number of carbonyl (C=O) groups is 1. The van der Waals surface area contributed by atoms with Crippen LogP contribution in [0, 0.1) is 45.1 Å². The molecule has 9 nitrogen and oxygen atoms in total. The summed E-state index contributed by atoms with van der Waals surface area (Å²) < 4.78 is 100. The van der Waals surface area contributed by atoms with Crippen molar-refractivity contribution in [1.82, 2.24) is 4.98 Å². The fourth-order valence-corrected chi connectivity index (χ4v) is 3.18. The number of halogens is 6. The van der Waals surface area contributed by atoms with Gasteiger partial charge < -0.3 is 19.3 Å². The van der Waals surface area contributed by atoms with E-state index in [1.807, 2.05) is 0 Å². The van der Waals surface area contributed by atoms with Crippen LogP contribution >= 0.6 is 0 Å². The van der Waals surface area contributed by atoms with E-state index in [0.29, 0.717) is 0 Å². The summed E-state index contributed by atoms with van der Waals surface area (Å²) >= 11 is 0. The van der Waals surface area contributed by atoms with E-state index in [0.717, 1.165) is 17.7 Å². The first-order valence-corrected chi connectivity index (χ1v) is 10.7. The van der Waals surface area contributed by atoms with Gasteiger partial charge in [-0.15, -0.1) is 0 Å². The standard InChI is InChI=1S/C25H12F6N2O7/c26-14-15(27)21(16(28)20(34)19(14)33(36)37)40-22-17(29)23(31)32-24(18(22)30)39-13-8-6-12(7-9-13)25(35)38-10-11-4-2-1-3-5-11/h1-9,34H,10H2. The fraction of sp³-hybridized carbons (Fsp3) is 0.0400. The first kappa shape index (κ1) is 27.7. The molecule has 0 unspecified atom stereocenters. The van der Waals surface area contributed by atoms with Crippen LogP contribution in [0.15, 0.2) is 54.6 Å². The Labute approximate surface area is 218 Å².